The van der Waals surface area contributed by atoms with E-state index in [9.17, 15) is 61.9 Å². The first-order chi connectivity index (χ1) is 13.0. The van der Waals surface area contributed by atoms with E-state index in [1.165, 1.54) is 6.92 Å². The van der Waals surface area contributed by atoms with Crippen LogP contribution < -0.4 is 0 Å². The van der Waals surface area contributed by atoms with Crippen molar-refractivity contribution < 1.29 is 66.4 Å². The van der Waals surface area contributed by atoms with Gasteiger partial charge in [0.1, 0.15) is 6.54 Å². The number of carbonyl (C=O) groups excluding carboxylic acids is 1. The van der Waals surface area contributed by atoms with Crippen molar-refractivity contribution in [3.8, 4) is 0 Å². The van der Waals surface area contributed by atoms with Crippen LogP contribution in [0, 0.1) is 0 Å². The molecular weight excluding hydrogens is 457 g/mol. The third-order valence-corrected chi connectivity index (χ3v) is 4.73. The molecule has 0 aliphatic carbocycles. The van der Waals surface area contributed by atoms with Gasteiger partial charge < -0.3 is 0 Å². The van der Waals surface area contributed by atoms with Crippen LogP contribution >= 0.6 is 0 Å². The molecule has 0 radical (unpaired) electrons. The van der Waals surface area contributed by atoms with Gasteiger partial charge in [-0.25, -0.2) is 9.28 Å². The Hall–Kier alpha value is -1.54. The molecule has 0 aromatic carbocycles. The number of amides is 1. The second-order valence-electron chi connectivity index (χ2n) is 6.96. The Kier molecular flexibility index (Phi) is 6.17. The summed E-state index contributed by atoms with van der Waals surface area (Å²) in [5, 5.41) is 0. The molecule has 0 spiro atoms. The van der Waals surface area contributed by atoms with Crippen LogP contribution in [0.3, 0.4) is 0 Å². The fraction of sp³-hybridized carbons (Fsp3) is 0.800. The van der Waals surface area contributed by atoms with Gasteiger partial charge in [-0.15, -0.1) is 0 Å². The Labute approximate surface area is 160 Å². The molecule has 0 aromatic rings. The van der Waals surface area contributed by atoms with E-state index in [0.29, 0.717) is 0 Å². The van der Waals surface area contributed by atoms with Crippen LogP contribution in [0.25, 0.3) is 0 Å². The summed E-state index contributed by atoms with van der Waals surface area (Å²) in [4.78, 5) is 12.0. The fourth-order valence-corrected chi connectivity index (χ4v) is 3.03. The zero-order valence-electron chi connectivity index (χ0n) is 15.2. The molecule has 1 aliphatic rings. The largest absolute Gasteiger partial charge is 0.460 e. The average molecular weight is 472 g/mol. The lowest BCUT2D eigenvalue weighted by molar-refractivity contribution is -0.742. The molecule has 1 amide bonds. The first-order valence-corrected chi connectivity index (χ1v) is 8.03. The van der Waals surface area contributed by atoms with E-state index in [4.69, 9.17) is 0 Å². The van der Waals surface area contributed by atoms with Gasteiger partial charge in [-0.05, 0) is 13.3 Å². The molecule has 15 heteroatoms. The Balaban J connectivity index is 3.51. The number of quaternary nitrogens is 1. The van der Waals surface area contributed by atoms with Crippen molar-refractivity contribution in [2.75, 3.05) is 13.1 Å². The second kappa shape index (κ2) is 6.99. The number of carbonyl (C=O) groups is 1. The predicted molar refractivity (Wildman–Crippen MR) is 74.7 cm³/mol. The highest BCUT2D eigenvalue weighted by Crippen LogP contribution is 2.62. The minimum atomic E-state index is -7.95. The monoisotopic (exact) mass is 472 g/mol. The van der Waals surface area contributed by atoms with Crippen molar-refractivity contribution in [1.82, 2.24) is 0 Å². The van der Waals surface area contributed by atoms with Gasteiger partial charge in [0.2, 0.25) is 6.04 Å². The predicted octanol–water partition coefficient (Wildman–Crippen LogP) is 5.44. The average Bonchev–Trinajstić information content (AvgIpc) is 3.28. The van der Waals surface area contributed by atoms with Crippen LogP contribution in [-0.2, 0) is 4.79 Å². The summed E-state index contributed by atoms with van der Waals surface area (Å²) in [6.45, 7) is 3.39. The van der Waals surface area contributed by atoms with Crippen LogP contribution in [0.5, 0.6) is 0 Å². The van der Waals surface area contributed by atoms with Gasteiger partial charge in [0.05, 0.1) is 6.54 Å². The van der Waals surface area contributed by atoms with Gasteiger partial charge in [0.15, 0.2) is 0 Å². The summed E-state index contributed by atoms with van der Waals surface area (Å²) in [6.07, 6.45) is -7.61. The summed E-state index contributed by atoms with van der Waals surface area (Å²) in [5.74, 6) is -38.5. The number of hydrogen-bond acceptors (Lipinski definition) is 1. The summed E-state index contributed by atoms with van der Waals surface area (Å²) in [5.41, 5.74) is -0.481. The number of nitrogens with zero attached hydrogens (tertiary/aromatic N) is 1. The summed E-state index contributed by atoms with van der Waals surface area (Å²) >= 11 is 0. The molecule has 2 atom stereocenters. The molecule has 1 saturated heterocycles. The molecule has 2 unspecified atom stereocenters. The summed E-state index contributed by atoms with van der Waals surface area (Å²) in [6, 6.07) is -3.07. The van der Waals surface area contributed by atoms with E-state index in [1.807, 2.05) is 0 Å². The topological polar surface area (TPSA) is 17.1 Å². The number of halogens is 13. The lowest BCUT2D eigenvalue weighted by Gasteiger charge is -2.39. The van der Waals surface area contributed by atoms with Crippen LogP contribution in [0.4, 0.5) is 57.1 Å². The van der Waals surface area contributed by atoms with Gasteiger partial charge in [-0.2, -0.15) is 57.1 Å². The SMILES string of the molecule is C=C(C)C(=O)[N+]1(CCC)CC1C(F)(F)C(F)(F)C(F)(F)C(F)(F)C(F)(F)C(F)(F)F. The molecule has 1 rings (SSSR count). The van der Waals surface area contributed by atoms with Crippen molar-refractivity contribution in [3.63, 3.8) is 0 Å². The Morgan fingerprint density at radius 1 is 0.833 bits per heavy atom. The minimum Gasteiger partial charge on any atom is -0.239 e. The molecule has 1 fully saturated rings. The second-order valence-corrected chi connectivity index (χ2v) is 6.96. The number of rotatable bonds is 8. The molecule has 0 N–H and O–H groups in total. The lowest BCUT2D eigenvalue weighted by Crippen LogP contribution is -2.71. The summed E-state index contributed by atoms with van der Waals surface area (Å²) < 4.78 is 170. The Morgan fingerprint density at radius 3 is 1.57 bits per heavy atom. The van der Waals surface area contributed by atoms with E-state index in [0.717, 1.165) is 6.92 Å². The van der Waals surface area contributed by atoms with Crippen LogP contribution in [0.15, 0.2) is 12.2 Å². The van der Waals surface area contributed by atoms with E-state index in [-0.39, 0.29) is 6.42 Å². The Morgan fingerprint density at radius 2 is 1.23 bits per heavy atom. The zero-order chi connectivity index (χ0) is 24.4. The maximum Gasteiger partial charge on any atom is 0.460 e. The third-order valence-electron chi connectivity index (χ3n) is 4.73. The van der Waals surface area contributed by atoms with Crippen molar-refractivity contribution in [2.24, 2.45) is 0 Å². The molecule has 30 heavy (non-hydrogen) atoms. The molecule has 2 nitrogen and oxygen atoms in total. The van der Waals surface area contributed by atoms with Crippen LogP contribution in [0.1, 0.15) is 20.3 Å². The van der Waals surface area contributed by atoms with E-state index >= 15 is 0 Å². The fourth-order valence-electron chi connectivity index (χ4n) is 3.03. The van der Waals surface area contributed by atoms with Crippen molar-refractivity contribution in [1.29, 1.82) is 0 Å². The molecule has 176 valence electrons. The molecule has 0 aromatic heterocycles. The van der Waals surface area contributed by atoms with Crippen molar-refractivity contribution >= 4 is 5.91 Å². The molecule has 0 bridgehead atoms. The zero-order valence-corrected chi connectivity index (χ0v) is 15.2. The highest BCUT2D eigenvalue weighted by Gasteiger charge is 2.94. The van der Waals surface area contributed by atoms with Crippen LogP contribution in [0.2, 0.25) is 0 Å². The van der Waals surface area contributed by atoms with E-state index in [2.05, 4.69) is 6.58 Å². The molecule has 1 heterocycles. The van der Waals surface area contributed by atoms with E-state index in [1.54, 1.807) is 0 Å². The standard InChI is InChI=1S/C15H15F13NO/c1-4-5-29(9(30)7(2)3)6-8(29)10(16,17)11(18,19)12(20,21)13(22,23)14(24,25)15(26,27)28/h8H,2,4-6H2,1,3H3/q+1. The minimum absolute atomic E-state index is 0.157. The normalized spacial score (nSPS) is 24.0. The lowest BCUT2D eigenvalue weighted by atomic mass is 9.92. The van der Waals surface area contributed by atoms with Gasteiger partial charge >= 0.3 is 41.7 Å². The summed E-state index contributed by atoms with van der Waals surface area (Å²) in [7, 11) is 0. The number of alkyl halides is 13. The van der Waals surface area contributed by atoms with Crippen molar-refractivity contribution in [3.05, 3.63) is 12.2 Å². The number of hydrogen-bond donors (Lipinski definition) is 0. The molecule has 0 saturated carbocycles. The van der Waals surface area contributed by atoms with Crippen LogP contribution in [-0.4, -0.2) is 65.3 Å². The first kappa shape index (κ1) is 26.5. The van der Waals surface area contributed by atoms with Gasteiger partial charge in [-0.1, -0.05) is 13.5 Å². The molecular formula is C15H15F13NO+. The maximum atomic E-state index is 14.3. The van der Waals surface area contributed by atoms with Crippen molar-refractivity contribution in [2.45, 2.75) is 62.1 Å². The van der Waals surface area contributed by atoms with Gasteiger partial charge in [0.25, 0.3) is 0 Å². The van der Waals surface area contributed by atoms with Gasteiger partial charge in [0, 0.05) is 5.57 Å². The van der Waals surface area contributed by atoms with E-state index < -0.39 is 70.9 Å². The first-order valence-electron chi connectivity index (χ1n) is 8.03. The highest BCUT2D eigenvalue weighted by atomic mass is 19.4. The quantitative estimate of drug-likeness (QED) is 0.199. The highest BCUT2D eigenvalue weighted by molar-refractivity contribution is 5.87. The van der Waals surface area contributed by atoms with Gasteiger partial charge in [-0.3, -0.25) is 0 Å². The maximum absolute atomic E-state index is 14.3. The molecule has 1 aliphatic heterocycles. The Bertz CT molecular complexity index is 712. The smallest absolute Gasteiger partial charge is 0.239 e. The third kappa shape index (κ3) is 3.27.